The zero-order valence-corrected chi connectivity index (χ0v) is 26.7. The highest BCUT2D eigenvalue weighted by Crippen LogP contribution is 2.36. The van der Waals surface area contributed by atoms with E-state index in [2.05, 4.69) is 16.5 Å². The van der Waals surface area contributed by atoms with Crippen molar-refractivity contribution in [1.29, 1.82) is 0 Å². The molecular formula is C32H35F2N5O3S2. The highest BCUT2D eigenvalue weighted by molar-refractivity contribution is 8.00. The van der Waals surface area contributed by atoms with Crippen molar-refractivity contribution in [3.05, 3.63) is 83.3 Å². The Bertz CT molecular complexity index is 1710. The molecule has 2 heterocycles. The van der Waals surface area contributed by atoms with Crippen LogP contribution < -0.4 is 10.6 Å². The largest absolute Gasteiger partial charge is 0.507 e. The monoisotopic (exact) mass is 639 g/mol. The normalized spacial score (nSPS) is 11.2. The molecule has 0 aliphatic carbocycles. The van der Waals surface area contributed by atoms with Crippen LogP contribution in [0.25, 0.3) is 28.0 Å². The van der Waals surface area contributed by atoms with Gasteiger partial charge in [-0.15, -0.1) is 23.5 Å². The Morgan fingerprint density at radius 1 is 1.09 bits per heavy atom. The number of pyridine rings is 1. The molecule has 232 valence electrons. The van der Waals surface area contributed by atoms with E-state index in [9.17, 15) is 19.1 Å². The molecule has 0 unspecified atom stereocenters. The molecule has 0 fully saturated rings. The van der Waals surface area contributed by atoms with Gasteiger partial charge in [-0.25, -0.2) is 23.1 Å². The Labute approximate surface area is 263 Å². The number of hydrogen-bond acceptors (Lipinski definition) is 8. The molecule has 0 radical (unpaired) electrons. The summed E-state index contributed by atoms with van der Waals surface area (Å²) in [7, 11) is 0. The lowest BCUT2D eigenvalue weighted by Gasteiger charge is -2.28. The lowest BCUT2D eigenvalue weighted by atomic mass is 10.1. The van der Waals surface area contributed by atoms with E-state index >= 15 is 4.39 Å². The second kappa shape index (κ2) is 14.7. The summed E-state index contributed by atoms with van der Waals surface area (Å²) in [4.78, 5) is 39.6. The van der Waals surface area contributed by atoms with Crippen LogP contribution in [-0.2, 0) is 4.79 Å². The van der Waals surface area contributed by atoms with E-state index in [4.69, 9.17) is 0 Å². The number of carbonyl (C=O) groups is 1. The SMILES string of the molecule is C=CC(=O)N(CCC)CCN(CSC)c1nc(=O)n(-c2ccccc2SC(C)C)c2nc(-c3c(O)cccc3F)c(F)cc12. The Balaban J connectivity index is 2.01. The van der Waals surface area contributed by atoms with Crippen molar-refractivity contribution in [2.75, 3.05) is 36.7 Å². The van der Waals surface area contributed by atoms with Gasteiger partial charge in [0.15, 0.2) is 11.5 Å². The van der Waals surface area contributed by atoms with E-state index < -0.39 is 34.3 Å². The maximum Gasteiger partial charge on any atom is 0.355 e. The van der Waals surface area contributed by atoms with Crippen molar-refractivity contribution >= 4 is 46.3 Å². The molecule has 8 nitrogen and oxygen atoms in total. The third kappa shape index (κ3) is 7.07. The summed E-state index contributed by atoms with van der Waals surface area (Å²) < 4.78 is 32.2. The Hall–Kier alpha value is -3.90. The van der Waals surface area contributed by atoms with Crippen molar-refractivity contribution in [1.82, 2.24) is 19.4 Å². The van der Waals surface area contributed by atoms with Crippen LogP contribution in [0.4, 0.5) is 14.6 Å². The van der Waals surface area contributed by atoms with Crippen molar-refractivity contribution in [2.24, 2.45) is 0 Å². The number of anilines is 1. The molecular weight excluding hydrogens is 605 g/mol. The molecule has 1 N–H and O–H groups in total. The predicted molar refractivity (Wildman–Crippen MR) is 176 cm³/mol. The van der Waals surface area contributed by atoms with Gasteiger partial charge in [0.25, 0.3) is 0 Å². The second-order valence-electron chi connectivity index (χ2n) is 10.2. The Morgan fingerprint density at radius 2 is 1.84 bits per heavy atom. The third-order valence-corrected chi connectivity index (χ3v) is 8.34. The predicted octanol–water partition coefficient (Wildman–Crippen LogP) is 6.48. The van der Waals surface area contributed by atoms with Crippen LogP contribution in [0.3, 0.4) is 0 Å². The summed E-state index contributed by atoms with van der Waals surface area (Å²) in [6, 6.07) is 12.1. The first kappa shape index (κ1) is 33.0. The maximum atomic E-state index is 15.9. The summed E-state index contributed by atoms with van der Waals surface area (Å²) in [5.41, 5.74) is -0.965. The fourth-order valence-electron chi connectivity index (χ4n) is 4.84. The first-order chi connectivity index (χ1) is 21.1. The van der Waals surface area contributed by atoms with Gasteiger partial charge in [0.05, 0.1) is 22.5 Å². The number of benzene rings is 2. The number of aromatic hydroxyl groups is 1. The molecule has 0 saturated heterocycles. The number of phenols is 1. The number of rotatable bonds is 13. The molecule has 2 aromatic heterocycles. The zero-order chi connectivity index (χ0) is 32.0. The number of thioether (sulfide) groups is 2. The van der Waals surface area contributed by atoms with E-state index in [0.29, 0.717) is 31.2 Å². The maximum absolute atomic E-state index is 15.9. The van der Waals surface area contributed by atoms with Gasteiger partial charge in [0.2, 0.25) is 5.91 Å². The third-order valence-electron chi connectivity index (χ3n) is 6.70. The van der Waals surface area contributed by atoms with Gasteiger partial charge in [0, 0.05) is 29.8 Å². The average Bonchev–Trinajstić information content (AvgIpc) is 2.98. The van der Waals surface area contributed by atoms with E-state index in [1.54, 1.807) is 21.9 Å². The van der Waals surface area contributed by atoms with Crippen molar-refractivity contribution in [3.63, 3.8) is 0 Å². The zero-order valence-electron chi connectivity index (χ0n) is 25.1. The molecule has 0 aliphatic rings. The van der Waals surface area contributed by atoms with E-state index in [1.165, 1.54) is 52.4 Å². The van der Waals surface area contributed by atoms with E-state index in [0.717, 1.165) is 17.4 Å². The molecule has 0 saturated carbocycles. The minimum Gasteiger partial charge on any atom is -0.507 e. The number of nitrogens with zero attached hydrogens (tertiary/aromatic N) is 5. The van der Waals surface area contributed by atoms with Crippen LogP contribution >= 0.6 is 23.5 Å². The summed E-state index contributed by atoms with van der Waals surface area (Å²) in [6.45, 7) is 10.7. The van der Waals surface area contributed by atoms with Crippen LogP contribution in [0.1, 0.15) is 27.2 Å². The van der Waals surface area contributed by atoms with Gasteiger partial charge in [-0.3, -0.25) is 4.79 Å². The lowest BCUT2D eigenvalue weighted by Crippen LogP contribution is -2.39. The molecule has 44 heavy (non-hydrogen) atoms. The smallest absolute Gasteiger partial charge is 0.355 e. The van der Waals surface area contributed by atoms with Crippen molar-refractivity contribution in [2.45, 2.75) is 37.3 Å². The van der Waals surface area contributed by atoms with Gasteiger partial charge in [-0.05, 0) is 49.1 Å². The minimum atomic E-state index is -0.894. The van der Waals surface area contributed by atoms with E-state index in [-0.39, 0.29) is 28.0 Å². The first-order valence-electron chi connectivity index (χ1n) is 14.1. The number of fused-ring (bicyclic) bond motifs is 1. The summed E-state index contributed by atoms with van der Waals surface area (Å²) in [6.07, 6.45) is 3.88. The fourth-order valence-corrected chi connectivity index (χ4v) is 6.35. The number of amides is 1. The second-order valence-corrected chi connectivity index (χ2v) is 12.7. The van der Waals surface area contributed by atoms with Crippen LogP contribution in [0.2, 0.25) is 0 Å². The number of carbonyl (C=O) groups excluding carboxylic acids is 1. The summed E-state index contributed by atoms with van der Waals surface area (Å²) in [5.74, 6) is -1.89. The Morgan fingerprint density at radius 3 is 2.50 bits per heavy atom. The standard InChI is InChI=1S/C32H35F2N5O3S2/c1-6-15-37(27(41)7-2)16-17-38(19-43-5)30-21-18-23(34)29(28-22(33)11-10-13-25(28)40)35-31(21)39(32(42)36-30)24-12-8-9-14-26(24)44-20(3)4/h7-14,18,20,40H,2,6,15-17,19H2,1,3-5H3. The highest BCUT2D eigenvalue weighted by Gasteiger charge is 2.25. The fraction of sp³-hybridized carbons (Fsp3) is 0.312. The number of phenolic OH excluding ortho intramolecular Hbond substituents is 1. The van der Waals surface area contributed by atoms with Crippen LogP contribution in [0.15, 0.2) is 70.9 Å². The van der Waals surface area contributed by atoms with Crippen LogP contribution in [0, 0.1) is 11.6 Å². The topological polar surface area (TPSA) is 91.6 Å². The first-order valence-corrected chi connectivity index (χ1v) is 16.4. The lowest BCUT2D eigenvalue weighted by molar-refractivity contribution is -0.125. The number of hydrogen-bond donors (Lipinski definition) is 1. The molecule has 4 rings (SSSR count). The molecule has 0 atom stereocenters. The number of halogens is 2. The van der Waals surface area contributed by atoms with E-state index in [1.807, 2.05) is 39.2 Å². The molecule has 12 heteroatoms. The summed E-state index contributed by atoms with van der Waals surface area (Å²) >= 11 is 3.01. The van der Waals surface area contributed by atoms with Crippen LogP contribution in [-0.4, -0.2) is 67.5 Å². The molecule has 2 aromatic carbocycles. The molecule has 1 amide bonds. The highest BCUT2D eigenvalue weighted by atomic mass is 32.2. The van der Waals surface area contributed by atoms with Gasteiger partial charge >= 0.3 is 5.69 Å². The average molecular weight is 640 g/mol. The minimum absolute atomic E-state index is 0.0505. The Kier molecular flexibility index (Phi) is 11.0. The summed E-state index contributed by atoms with van der Waals surface area (Å²) in [5, 5.41) is 10.9. The molecule has 0 bridgehead atoms. The molecule has 0 spiro atoms. The van der Waals surface area contributed by atoms with Gasteiger partial charge in [-0.2, -0.15) is 4.98 Å². The number of para-hydroxylation sites is 1. The van der Waals surface area contributed by atoms with Crippen LogP contribution in [0.5, 0.6) is 5.75 Å². The van der Waals surface area contributed by atoms with Gasteiger partial charge in [0.1, 0.15) is 23.1 Å². The molecule has 4 aromatic rings. The van der Waals surface area contributed by atoms with Gasteiger partial charge < -0.3 is 14.9 Å². The van der Waals surface area contributed by atoms with Crippen molar-refractivity contribution < 1.29 is 18.7 Å². The number of aromatic nitrogens is 3. The van der Waals surface area contributed by atoms with Crippen molar-refractivity contribution in [3.8, 4) is 22.7 Å². The van der Waals surface area contributed by atoms with Gasteiger partial charge in [-0.1, -0.05) is 45.5 Å². The quantitative estimate of drug-likeness (QED) is 0.101. The molecule has 0 aliphatic heterocycles.